The number of hydrogen-bond donors (Lipinski definition) is 0. The van der Waals surface area contributed by atoms with Gasteiger partial charge in [0.2, 0.25) is 0 Å². The zero-order chi connectivity index (χ0) is 17.1. The Balaban J connectivity index is 2.03. The average Bonchev–Trinajstić information content (AvgIpc) is 2.47. The van der Waals surface area contributed by atoms with Gasteiger partial charge in [-0.1, -0.05) is 56.7 Å². The zero-order valence-corrected chi connectivity index (χ0v) is 15.2. The molecular weight excluding hydrogens is 288 g/mol. The smallest absolute Gasteiger partial charge is 0.338 e. The van der Waals surface area contributed by atoms with E-state index in [1.165, 1.54) is 25.7 Å². The molecule has 0 N–H and O–H groups in total. The molecule has 3 nitrogen and oxygen atoms in total. The number of esters is 1. The number of benzene rings is 1. The number of ether oxygens (including phenoxy) is 2. The van der Waals surface area contributed by atoms with Crippen LogP contribution < -0.4 is 0 Å². The highest BCUT2D eigenvalue weighted by Gasteiger charge is 2.07. The van der Waals surface area contributed by atoms with Crippen LogP contribution in [-0.2, 0) is 9.47 Å². The molecule has 0 bridgehead atoms. The van der Waals surface area contributed by atoms with Crippen LogP contribution in [0.25, 0.3) is 0 Å². The molecule has 130 valence electrons. The maximum Gasteiger partial charge on any atom is 0.338 e. The number of rotatable bonds is 11. The molecule has 0 saturated heterocycles. The van der Waals surface area contributed by atoms with Gasteiger partial charge in [-0.2, -0.15) is 0 Å². The molecule has 0 aliphatic heterocycles. The average molecular weight is 320 g/mol. The van der Waals surface area contributed by atoms with Crippen LogP contribution in [0.3, 0.4) is 0 Å². The van der Waals surface area contributed by atoms with E-state index in [1.54, 1.807) is 0 Å². The molecule has 0 aliphatic rings. The Bertz CT molecular complexity index is 446. The molecule has 0 amide bonds. The van der Waals surface area contributed by atoms with Gasteiger partial charge in [0.1, 0.15) is 6.61 Å². The normalized spacial score (nSPS) is 11.0. The number of carbonyl (C=O) groups excluding carboxylic acids is 1. The Hall–Kier alpha value is -1.35. The first-order valence-electron chi connectivity index (χ1n) is 8.82. The molecule has 23 heavy (non-hydrogen) atoms. The standard InChI is InChI=1S/C20H32O3/c1-16(2)9-7-5-6-8-10-22-11-12-23-20(21)19-14-17(3)13-18(4)15-19/h13-16H,5-12H2,1-4H3. The van der Waals surface area contributed by atoms with E-state index in [-0.39, 0.29) is 5.97 Å². The number of hydrogen-bond acceptors (Lipinski definition) is 3. The van der Waals surface area contributed by atoms with Crippen molar-refractivity contribution < 1.29 is 14.3 Å². The van der Waals surface area contributed by atoms with Crippen LogP contribution in [-0.4, -0.2) is 25.8 Å². The van der Waals surface area contributed by atoms with Gasteiger partial charge in [-0.3, -0.25) is 0 Å². The molecule has 0 saturated carbocycles. The van der Waals surface area contributed by atoms with E-state index in [9.17, 15) is 4.79 Å². The van der Waals surface area contributed by atoms with Crippen LogP contribution in [0, 0.1) is 19.8 Å². The Labute approximate surface area is 141 Å². The summed E-state index contributed by atoms with van der Waals surface area (Å²) in [6, 6.07) is 5.75. The van der Waals surface area contributed by atoms with Gasteiger partial charge in [0, 0.05) is 6.61 Å². The third kappa shape index (κ3) is 9.39. The summed E-state index contributed by atoms with van der Waals surface area (Å²) in [7, 11) is 0. The van der Waals surface area contributed by atoms with Gasteiger partial charge >= 0.3 is 5.97 Å². The van der Waals surface area contributed by atoms with E-state index >= 15 is 0 Å². The molecule has 0 atom stereocenters. The zero-order valence-electron chi connectivity index (χ0n) is 15.2. The van der Waals surface area contributed by atoms with E-state index in [0.29, 0.717) is 18.8 Å². The van der Waals surface area contributed by atoms with Crippen molar-refractivity contribution in [3.63, 3.8) is 0 Å². The number of unbranched alkanes of at least 4 members (excludes halogenated alkanes) is 3. The van der Waals surface area contributed by atoms with Crippen LogP contribution in [0.1, 0.15) is 67.4 Å². The molecule has 0 fully saturated rings. The second-order valence-corrected chi connectivity index (χ2v) is 6.72. The quantitative estimate of drug-likeness (QED) is 0.421. The molecule has 0 unspecified atom stereocenters. The summed E-state index contributed by atoms with van der Waals surface area (Å²) in [6.07, 6.45) is 6.21. The largest absolute Gasteiger partial charge is 0.460 e. The number of carbonyl (C=O) groups is 1. The fourth-order valence-corrected chi connectivity index (χ4v) is 2.58. The first kappa shape index (κ1) is 19.7. The Kier molecular flexibility index (Phi) is 9.61. The van der Waals surface area contributed by atoms with Crippen molar-refractivity contribution in [2.24, 2.45) is 5.92 Å². The summed E-state index contributed by atoms with van der Waals surface area (Å²) in [4.78, 5) is 11.9. The monoisotopic (exact) mass is 320 g/mol. The molecule has 1 rings (SSSR count). The molecule has 0 radical (unpaired) electrons. The molecule has 3 heteroatoms. The Morgan fingerprint density at radius 2 is 1.57 bits per heavy atom. The first-order chi connectivity index (χ1) is 11.0. The van der Waals surface area contributed by atoms with E-state index in [4.69, 9.17) is 9.47 Å². The minimum atomic E-state index is -0.269. The van der Waals surface area contributed by atoms with Crippen molar-refractivity contribution in [3.05, 3.63) is 34.9 Å². The maximum absolute atomic E-state index is 11.9. The second kappa shape index (κ2) is 11.2. The third-order valence-corrected chi connectivity index (χ3v) is 3.74. The van der Waals surface area contributed by atoms with Gasteiger partial charge < -0.3 is 9.47 Å². The summed E-state index contributed by atoms with van der Waals surface area (Å²) in [5, 5.41) is 0. The Morgan fingerprint density at radius 1 is 0.913 bits per heavy atom. The van der Waals surface area contributed by atoms with Crippen molar-refractivity contribution in [2.45, 2.75) is 59.8 Å². The van der Waals surface area contributed by atoms with Crippen molar-refractivity contribution in [1.82, 2.24) is 0 Å². The highest BCUT2D eigenvalue weighted by atomic mass is 16.6. The van der Waals surface area contributed by atoms with E-state index in [1.807, 2.05) is 32.0 Å². The first-order valence-corrected chi connectivity index (χ1v) is 8.82. The minimum Gasteiger partial charge on any atom is -0.460 e. The van der Waals surface area contributed by atoms with Gasteiger partial charge in [-0.15, -0.1) is 0 Å². The lowest BCUT2D eigenvalue weighted by molar-refractivity contribution is 0.0312. The van der Waals surface area contributed by atoms with Gasteiger partial charge in [0.05, 0.1) is 12.2 Å². The highest BCUT2D eigenvalue weighted by Crippen LogP contribution is 2.10. The molecule has 0 heterocycles. The van der Waals surface area contributed by atoms with Crippen LogP contribution in [0.5, 0.6) is 0 Å². The molecule has 1 aromatic rings. The predicted molar refractivity (Wildman–Crippen MR) is 94.9 cm³/mol. The Morgan fingerprint density at radius 3 is 2.22 bits per heavy atom. The van der Waals surface area contributed by atoms with Gasteiger partial charge in [0.15, 0.2) is 0 Å². The van der Waals surface area contributed by atoms with Gasteiger partial charge in [-0.25, -0.2) is 4.79 Å². The van der Waals surface area contributed by atoms with Crippen LogP contribution >= 0.6 is 0 Å². The second-order valence-electron chi connectivity index (χ2n) is 6.72. The SMILES string of the molecule is Cc1cc(C)cc(C(=O)OCCOCCCCCCC(C)C)c1. The van der Waals surface area contributed by atoms with Crippen molar-refractivity contribution >= 4 is 5.97 Å². The maximum atomic E-state index is 11.9. The van der Waals surface area contributed by atoms with E-state index in [0.717, 1.165) is 30.1 Å². The number of aryl methyl sites for hydroxylation is 2. The summed E-state index contributed by atoms with van der Waals surface area (Å²) in [6.45, 7) is 10.0. The molecule has 0 spiro atoms. The summed E-state index contributed by atoms with van der Waals surface area (Å²) < 4.78 is 10.8. The summed E-state index contributed by atoms with van der Waals surface area (Å²) in [5.74, 6) is 0.534. The lowest BCUT2D eigenvalue weighted by atomic mass is 10.0. The fourth-order valence-electron chi connectivity index (χ4n) is 2.58. The van der Waals surface area contributed by atoms with Crippen molar-refractivity contribution in [3.8, 4) is 0 Å². The van der Waals surface area contributed by atoms with Crippen LogP contribution in [0.4, 0.5) is 0 Å². The van der Waals surface area contributed by atoms with E-state index in [2.05, 4.69) is 13.8 Å². The highest BCUT2D eigenvalue weighted by molar-refractivity contribution is 5.89. The summed E-state index contributed by atoms with van der Waals surface area (Å²) >= 11 is 0. The lowest BCUT2D eigenvalue weighted by Crippen LogP contribution is -2.11. The topological polar surface area (TPSA) is 35.5 Å². The predicted octanol–water partition coefficient (Wildman–Crippen LogP) is 5.08. The molecule has 0 aliphatic carbocycles. The molecular formula is C20H32O3. The molecule has 0 aromatic heterocycles. The van der Waals surface area contributed by atoms with Crippen molar-refractivity contribution in [1.29, 1.82) is 0 Å². The van der Waals surface area contributed by atoms with Crippen LogP contribution in [0.2, 0.25) is 0 Å². The minimum absolute atomic E-state index is 0.269. The van der Waals surface area contributed by atoms with Crippen molar-refractivity contribution in [2.75, 3.05) is 19.8 Å². The van der Waals surface area contributed by atoms with Crippen LogP contribution in [0.15, 0.2) is 18.2 Å². The van der Waals surface area contributed by atoms with Gasteiger partial charge in [-0.05, 0) is 38.3 Å². The lowest BCUT2D eigenvalue weighted by Gasteiger charge is -2.08. The van der Waals surface area contributed by atoms with Gasteiger partial charge in [0.25, 0.3) is 0 Å². The molecule has 1 aromatic carbocycles. The summed E-state index contributed by atoms with van der Waals surface area (Å²) in [5.41, 5.74) is 2.77. The fraction of sp³-hybridized carbons (Fsp3) is 0.650. The third-order valence-electron chi connectivity index (χ3n) is 3.74. The van der Waals surface area contributed by atoms with E-state index < -0.39 is 0 Å².